The molecule has 0 saturated heterocycles. The first-order chi connectivity index (χ1) is 6.86. The van der Waals surface area contributed by atoms with E-state index in [0.29, 0.717) is 0 Å². The molecule has 3 heteroatoms. The Morgan fingerprint density at radius 1 is 1.29 bits per heavy atom. The second-order valence-electron chi connectivity index (χ2n) is 2.53. The van der Waals surface area contributed by atoms with Crippen molar-refractivity contribution in [2.75, 3.05) is 5.75 Å². The van der Waals surface area contributed by atoms with Crippen LogP contribution in [-0.2, 0) is 0 Å². The molecular formula is C11H9NS2. The van der Waals surface area contributed by atoms with Crippen molar-refractivity contribution in [2.24, 2.45) is 4.99 Å². The molecule has 0 N–H and O–H groups in total. The third-order valence-corrected chi connectivity index (χ3v) is 1.83. The van der Waals surface area contributed by atoms with Gasteiger partial charge in [-0.05, 0) is 36.5 Å². The van der Waals surface area contributed by atoms with Crippen LogP contribution >= 0.6 is 24.8 Å². The van der Waals surface area contributed by atoms with Gasteiger partial charge in [0.15, 0.2) is 0 Å². The van der Waals surface area contributed by atoms with Crippen LogP contribution < -0.4 is 0 Å². The van der Waals surface area contributed by atoms with Gasteiger partial charge in [0, 0.05) is 17.7 Å². The Balaban J connectivity index is 2.74. The van der Waals surface area contributed by atoms with Gasteiger partial charge in [0.1, 0.15) is 0 Å². The quantitative estimate of drug-likeness (QED) is 0.349. The third-order valence-electron chi connectivity index (χ3n) is 1.51. The number of isothiocyanates is 1. The van der Waals surface area contributed by atoms with Crippen molar-refractivity contribution in [1.29, 1.82) is 0 Å². The molecule has 0 unspecified atom stereocenters. The van der Waals surface area contributed by atoms with Crippen LogP contribution in [0.2, 0.25) is 0 Å². The lowest BCUT2D eigenvalue weighted by Gasteiger charge is -1.91. The minimum atomic E-state index is 0.792. The van der Waals surface area contributed by atoms with Crippen LogP contribution in [-0.4, -0.2) is 10.9 Å². The average Bonchev–Trinajstić information content (AvgIpc) is 2.21. The number of thiocarbonyl (C=S) groups is 1. The summed E-state index contributed by atoms with van der Waals surface area (Å²) in [4.78, 5) is 3.85. The van der Waals surface area contributed by atoms with Gasteiger partial charge < -0.3 is 0 Å². The van der Waals surface area contributed by atoms with Crippen LogP contribution in [0.5, 0.6) is 0 Å². The van der Waals surface area contributed by atoms with Gasteiger partial charge in [0.25, 0.3) is 0 Å². The maximum atomic E-state index is 4.50. The summed E-state index contributed by atoms with van der Waals surface area (Å²) in [6, 6.07) is 7.56. The van der Waals surface area contributed by atoms with Gasteiger partial charge in [-0.3, -0.25) is 0 Å². The summed E-state index contributed by atoms with van der Waals surface area (Å²) >= 11 is 8.57. The topological polar surface area (TPSA) is 12.4 Å². The van der Waals surface area contributed by atoms with E-state index in [1.54, 1.807) is 0 Å². The molecule has 0 atom stereocenters. The van der Waals surface area contributed by atoms with E-state index >= 15 is 0 Å². The van der Waals surface area contributed by atoms with Gasteiger partial charge >= 0.3 is 0 Å². The summed E-state index contributed by atoms with van der Waals surface area (Å²) in [5.74, 6) is 6.83. The standard InChI is InChI=1S/C11H9NS2/c13-8-2-1-3-10-4-6-11(7-5-10)12-9-14/h4-7,13H,2,8H2. The minimum absolute atomic E-state index is 0.792. The molecule has 0 aliphatic carbocycles. The van der Waals surface area contributed by atoms with E-state index in [-0.39, 0.29) is 0 Å². The molecule has 0 amide bonds. The molecule has 0 radical (unpaired) electrons. The van der Waals surface area contributed by atoms with E-state index in [1.807, 2.05) is 24.3 Å². The number of aliphatic imine (C=N–C) groups is 1. The Kier molecular flexibility index (Phi) is 5.03. The molecule has 0 bridgehead atoms. The van der Waals surface area contributed by atoms with Crippen LogP contribution in [0, 0.1) is 11.8 Å². The molecule has 0 aliphatic heterocycles. The highest BCUT2D eigenvalue weighted by Gasteiger charge is 1.88. The van der Waals surface area contributed by atoms with E-state index in [9.17, 15) is 0 Å². The SMILES string of the molecule is S=C=Nc1ccc(C#CCCS)cc1. The third kappa shape index (κ3) is 3.76. The normalized spacial score (nSPS) is 8.36. The molecule has 70 valence electrons. The maximum absolute atomic E-state index is 4.50. The van der Waals surface area contributed by atoms with Gasteiger partial charge in [0.2, 0.25) is 0 Å². The first kappa shape index (κ1) is 11.0. The highest BCUT2D eigenvalue weighted by atomic mass is 32.1. The van der Waals surface area contributed by atoms with Crippen LogP contribution in [0.15, 0.2) is 29.3 Å². The van der Waals surface area contributed by atoms with Crippen molar-refractivity contribution in [1.82, 2.24) is 0 Å². The molecular weight excluding hydrogens is 210 g/mol. The fraction of sp³-hybridized carbons (Fsp3) is 0.182. The summed E-state index contributed by atoms with van der Waals surface area (Å²) in [6.45, 7) is 0. The predicted octanol–water partition coefficient (Wildman–Crippen LogP) is 3.09. The molecule has 14 heavy (non-hydrogen) atoms. The van der Waals surface area contributed by atoms with Crippen molar-refractivity contribution in [2.45, 2.75) is 6.42 Å². The molecule has 0 aromatic heterocycles. The number of thiol groups is 1. The fourth-order valence-electron chi connectivity index (χ4n) is 0.892. The molecule has 0 spiro atoms. The molecule has 0 aliphatic rings. The lowest BCUT2D eigenvalue weighted by Crippen LogP contribution is -1.73. The largest absolute Gasteiger partial charge is 0.195 e. The van der Waals surface area contributed by atoms with E-state index in [1.165, 1.54) is 0 Å². The van der Waals surface area contributed by atoms with Gasteiger partial charge in [-0.25, -0.2) is 0 Å². The first-order valence-electron chi connectivity index (χ1n) is 4.14. The molecule has 1 aromatic carbocycles. The summed E-state index contributed by atoms with van der Waals surface area (Å²) < 4.78 is 0. The van der Waals surface area contributed by atoms with Crippen LogP contribution in [0.1, 0.15) is 12.0 Å². The summed E-state index contributed by atoms with van der Waals surface area (Å²) in [7, 11) is 0. The number of nitrogens with zero attached hydrogens (tertiary/aromatic N) is 1. The summed E-state index contributed by atoms with van der Waals surface area (Å²) in [5.41, 5.74) is 1.79. The second kappa shape index (κ2) is 6.39. The van der Waals surface area contributed by atoms with E-state index < -0.39 is 0 Å². The van der Waals surface area contributed by atoms with Crippen LogP contribution in [0.25, 0.3) is 0 Å². The molecule has 0 heterocycles. The zero-order valence-corrected chi connectivity index (χ0v) is 9.24. The number of hydrogen-bond acceptors (Lipinski definition) is 3. The Morgan fingerprint density at radius 2 is 2.00 bits per heavy atom. The molecule has 1 rings (SSSR count). The molecule has 0 saturated carbocycles. The monoisotopic (exact) mass is 219 g/mol. The summed E-state index contributed by atoms with van der Waals surface area (Å²) in [6.07, 6.45) is 0.808. The number of rotatable bonds is 2. The fourth-order valence-corrected chi connectivity index (χ4v) is 1.11. The van der Waals surface area contributed by atoms with Crippen molar-refractivity contribution in [3.8, 4) is 11.8 Å². The zero-order valence-electron chi connectivity index (χ0n) is 7.53. The minimum Gasteiger partial charge on any atom is -0.195 e. The van der Waals surface area contributed by atoms with Gasteiger partial charge in [0.05, 0.1) is 10.8 Å². The van der Waals surface area contributed by atoms with Crippen molar-refractivity contribution >= 4 is 35.7 Å². The Bertz CT molecular complexity index is 392. The Morgan fingerprint density at radius 3 is 2.57 bits per heavy atom. The van der Waals surface area contributed by atoms with Crippen LogP contribution in [0.3, 0.4) is 0 Å². The predicted molar refractivity (Wildman–Crippen MR) is 66.5 cm³/mol. The average molecular weight is 219 g/mol. The molecule has 0 fully saturated rings. The summed E-state index contributed by atoms with van der Waals surface area (Å²) in [5, 5.41) is 2.32. The highest BCUT2D eigenvalue weighted by molar-refractivity contribution is 7.80. The van der Waals surface area contributed by atoms with E-state index in [2.05, 4.69) is 46.8 Å². The number of benzene rings is 1. The lowest BCUT2D eigenvalue weighted by molar-refractivity contribution is 1.31. The first-order valence-corrected chi connectivity index (χ1v) is 5.18. The van der Waals surface area contributed by atoms with E-state index in [0.717, 1.165) is 23.4 Å². The molecule has 1 aromatic rings. The van der Waals surface area contributed by atoms with Gasteiger partial charge in [-0.15, -0.1) is 0 Å². The van der Waals surface area contributed by atoms with E-state index in [4.69, 9.17) is 0 Å². The van der Waals surface area contributed by atoms with Gasteiger partial charge in [-0.2, -0.15) is 17.6 Å². The maximum Gasteiger partial charge on any atom is 0.0740 e. The van der Waals surface area contributed by atoms with Gasteiger partial charge in [-0.1, -0.05) is 11.8 Å². The zero-order chi connectivity index (χ0) is 10.2. The van der Waals surface area contributed by atoms with Crippen molar-refractivity contribution in [3.05, 3.63) is 29.8 Å². The van der Waals surface area contributed by atoms with Crippen molar-refractivity contribution in [3.63, 3.8) is 0 Å². The Hall–Kier alpha value is -1.07. The second-order valence-corrected chi connectivity index (χ2v) is 3.16. The lowest BCUT2D eigenvalue weighted by atomic mass is 10.2. The smallest absolute Gasteiger partial charge is 0.0740 e. The Labute approximate surface area is 94.7 Å². The highest BCUT2D eigenvalue weighted by Crippen LogP contribution is 2.11. The number of hydrogen-bond donors (Lipinski definition) is 1. The van der Waals surface area contributed by atoms with Crippen LogP contribution in [0.4, 0.5) is 5.69 Å². The van der Waals surface area contributed by atoms with Crippen molar-refractivity contribution < 1.29 is 0 Å². The molecule has 1 nitrogen and oxygen atoms in total.